The second-order valence-corrected chi connectivity index (χ2v) is 5.78. The smallest absolute Gasteiger partial charge is 0.255 e. The Morgan fingerprint density at radius 1 is 1.13 bits per heavy atom. The molecule has 23 heavy (non-hydrogen) atoms. The van der Waals surface area contributed by atoms with Gasteiger partial charge < -0.3 is 9.73 Å². The van der Waals surface area contributed by atoms with Crippen LogP contribution in [0.5, 0.6) is 0 Å². The highest BCUT2D eigenvalue weighted by Crippen LogP contribution is 2.23. The number of carbonyl (C=O) groups excluding carboxylic acids is 1. The Bertz CT molecular complexity index is 722. The van der Waals surface area contributed by atoms with E-state index in [1.807, 2.05) is 12.1 Å². The summed E-state index contributed by atoms with van der Waals surface area (Å²) >= 11 is 0. The lowest BCUT2D eigenvalue weighted by Gasteiger charge is -2.05. The third-order valence-corrected chi connectivity index (χ3v) is 3.99. The molecule has 1 aromatic heterocycles. The Hall–Kier alpha value is -2.55. The van der Waals surface area contributed by atoms with Gasteiger partial charge in [-0.2, -0.15) is 0 Å². The molecule has 3 rings (SSSR count). The summed E-state index contributed by atoms with van der Waals surface area (Å²) in [6.07, 6.45) is 10.1. The molecule has 2 heterocycles. The fraction of sp³-hybridized carbons (Fsp3) is 0.250. The van der Waals surface area contributed by atoms with Gasteiger partial charge >= 0.3 is 0 Å². The minimum Gasteiger partial charge on any atom is -0.465 e. The molecule has 0 unspecified atom stereocenters. The molecule has 1 N–H and O–H groups in total. The van der Waals surface area contributed by atoms with E-state index in [9.17, 15) is 4.79 Å². The van der Waals surface area contributed by atoms with Crippen LogP contribution in [0, 0.1) is 0 Å². The predicted octanol–water partition coefficient (Wildman–Crippen LogP) is 4.57. The first kappa shape index (κ1) is 15.3. The van der Waals surface area contributed by atoms with E-state index in [2.05, 4.69) is 36.5 Å². The monoisotopic (exact) mass is 307 g/mol. The Balaban J connectivity index is 1.73. The summed E-state index contributed by atoms with van der Waals surface area (Å²) in [5.41, 5.74) is 3.83. The van der Waals surface area contributed by atoms with Crippen molar-refractivity contribution in [2.75, 3.05) is 0 Å². The summed E-state index contributed by atoms with van der Waals surface area (Å²) in [4.78, 5) is 12.1. The molecule has 0 saturated carbocycles. The van der Waals surface area contributed by atoms with Crippen molar-refractivity contribution in [3.8, 4) is 0 Å². The highest BCUT2D eigenvalue weighted by molar-refractivity contribution is 6.10. The third-order valence-electron chi connectivity index (χ3n) is 3.99. The Kier molecular flexibility index (Phi) is 4.77. The quantitative estimate of drug-likeness (QED) is 0.627. The highest BCUT2D eigenvalue weighted by Gasteiger charge is 2.19. The average Bonchev–Trinajstić information content (AvgIpc) is 3.19. The number of amides is 1. The molecule has 2 aromatic rings. The standard InChI is InChI=1S/C20H21NO2/c1-2-3-4-6-15-8-10-16(11-9-15)19-14-17(20(22)21-19)13-18-7-5-12-23-18/h5,7-14H,2-4,6H2,1H3,(H,21,22). The largest absolute Gasteiger partial charge is 0.465 e. The molecule has 118 valence electrons. The Labute approximate surface area is 136 Å². The number of nitrogens with one attached hydrogen (secondary N) is 1. The van der Waals surface area contributed by atoms with Crippen LogP contribution in [0.2, 0.25) is 0 Å². The zero-order valence-electron chi connectivity index (χ0n) is 13.3. The van der Waals surface area contributed by atoms with Crippen LogP contribution in [0.3, 0.4) is 0 Å². The van der Waals surface area contributed by atoms with Gasteiger partial charge in [0.15, 0.2) is 0 Å². The molecule has 0 aliphatic carbocycles. The molecule has 0 spiro atoms. The topological polar surface area (TPSA) is 42.2 Å². The maximum Gasteiger partial charge on any atom is 0.255 e. The van der Waals surface area contributed by atoms with Crippen LogP contribution in [-0.4, -0.2) is 5.91 Å². The SMILES string of the molecule is CCCCCc1ccc(C2=CC(=Cc3ccco3)C(=O)N2)cc1. The van der Waals surface area contributed by atoms with Crippen molar-refractivity contribution >= 4 is 17.7 Å². The van der Waals surface area contributed by atoms with E-state index < -0.39 is 0 Å². The minimum atomic E-state index is -0.0941. The van der Waals surface area contributed by atoms with Gasteiger partial charge in [-0.25, -0.2) is 0 Å². The van der Waals surface area contributed by atoms with E-state index in [1.165, 1.54) is 24.8 Å². The molecule has 1 aliphatic rings. The minimum absolute atomic E-state index is 0.0941. The van der Waals surface area contributed by atoms with Crippen LogP contribution in [0.1, 0.15) is 43.1 Å². The number of hydrogen-bond donors (Lipinski definition) is 1. The molecule has 0 radical (unpaired) electrons. The average molecular weight is 307 g/mol. The van der Waals surface area contributed by atoms with Crippen LogP contribution >= 0.6 is 0 Å². The fourth-order valence-corrected chi connectivity index (χ4v) is 2.67. The third kappa shape index (κ3) is 3.81. The number of carbonyl (C=O) groups is 1. The zero-order valence-corrected chi connectivity index (χ0v) is 13.3. The lowest BCUT2D eigenvalue weighted by Crippen LogP contribution is -2.15. The van der Waals surface area contributed by atoms with E-state index in [1.54, 1.807) is 18.4 Å². The second kappa shape index (κ2) is 7.14. The molecule has 0 fully saturated rings. The van der Waals surface area contributed by atoms with Crippen molar-refractivity contribution in [3.05, 3.63) is 71.2 Å². The van der Waals surface area contributed by atoms with Crippen LogP contribution < -0.4 is 5.32 Å². The summed E-state index contributed by atoms with van der Waals surface area (Å²) in [6, 6.07) is 12.1. The Morgan fingerprint density at radius 3 is 2.65 bits per heavy atom. The zero-order chi connectivity index (χ0) is 16.1. The molecular weight excluding hydrogens is 286 g/mol. The highest BCUT2D eigenvalue weighted by atomic mass is 16.3. The lowest BCUT2D eigenvalue weighted by atomic mass is 10.0. The summed E-state index contributed by atoms with van der Waals surface area (Å²) in [5, 5.41) is 2.92. The van der Waals surface area contributed by atoms with Crippen molar-refractivity contribution < 1.29 is 9.21 Å². The van der Waals surface area contributed by atoms with E-state index in [0.29, 0.717) is 11.3 Å². The number of unbranched alkanes of at least 4 members (excludes halogenated alkanes) is 2. The molecule has 3 heteroatoms. The van der Waals surface area contributed by atoms with Gasteiger partial charge in [-0.05, 0) is 48.3 Å². The lowest BCUT2D eigenvalue weighted by molar-refractivity contribution is -0.115. The van der Waals surface area contributed by atoms with Crippen molar-refractivity contribution in [1.29, 1.82) is 0 Å². The summed E-state index contributed by atoms with van der Waals surface area (Å²) in [7, 11) is 0. The Morgan fingerprint density at radius 2 is 1.96 bits per heavy atom. The molecule has 0 atom stereocenters. The summed E-state index contributed by atoms with van der Waals surface area (Å²) in [5.74, 6) is 0.586. The molecule has 3 nitrogen and oxygen atoms in total. The first-order valence-corrected chi connectivity index (χ1v) is 8.14. The normalized spacial score (nSPS) is 15.8. The molecule has 1 amide bonds. The molecule has 1 aliphatic heterocycles. The van der Waals surface area contributed by atoms with Gasteiger partial charge in [-0.1, -0.05) is 44.0 Å². The van der Waals surface area contributed by atoms with E-state index in [-0.39, 0.29) is 5.91 Å². The van der Waals surface area contributed by atoms with E-state index >= 15 is 0 Å². The van der Waals surface area contributed by atoms with Crippen LogP contribution in [0.25, 0.3) is 11.8 Å². The predicted molar refractivity (Wildman–Crippen MR) is 92.5 cm³/mol. The maximum absolute atomic E-state index is 12.1. The van der Waals surface area contributed by atoms with Gasteiger partial charge in [0.1, 0.15) is 5.76 Å². The summed E-state index contributed by atoms with van der Waals surface area (Å²) < 4.78 is 5.26. The molecule has 0 bridgehead atoms. The van der Waals surface area contributed by atoms with E-state index in [0.717, 1.165) is 17.7 Å². The first-order chi connectivity index (χ1) is 11.3. The van der Waals surface area contributed by atoms with Crippen LogP contribution in [-0.2, 0) is 11.2 Å². The van der Waals surface area contributed by atoms with Crippen molar-refractivity contribution in [2.45, 2.75) is 32.6 Å². The van der Waals surface area contributed by atoms with Crippen molar-refractivity contribution in [1.82, 2.24) is 5.32 Å². The van der Waals surface area contributed by atoms with Crippen molar-refractivity contribution in [2.24, 2.45) is 0 Å². The molecular formula is C20H21NO2. The fourth-order valence-electron chi connectivity index (χ4n) is 2.67. The number of aryl methyl sites for hydroxylation is 1. The molecule has 1 aromatic carbocycles. The summed E-state index contributed by atoms with van der Waals surface area (Å²) in [6.45, 7) is 2.21. The van der Waals surface area contributed by atoms with Gasteiger partial charge in [0.05, 0.1) is 6.26 Å². The number of hydrogen-bond acceptors (Lipinski definition) is 2. The number of furan rings is 1. The van der Waals surface area contributed by atoms with Gasteiger partial charge in [0.25, 0.3) is 5.91 Å². The first-order valence-electron chi connectivity index (χ1n) is 8.14. The van der Waals surface area contributed by atoms with E-state index in [4.69, 9.17) is 4.42 Å². The van der Waals surface area contributed by atoms with Gasteiger partial charge in [0.2, 0.25) is 0 Å². The van der Waals surface area contributed by atoms with Gasteiger partial charge in [0, 0.05) is 11.3 Å². The van der Waals surface area contributed by atoms with Crippen molar-refractivity contribution in [3.63, 3.8) is 0 Å². The molecule has 0 saturated heterocycles. The van der Waals surface area contributed by atoms with Gasteiger partial charge in [-0.3, -0.25) is 4.79 Å². The number of rotatable bonds is 6. The van der Waals surface area contributed by atoms with Crippen LogP contribution in [0.15, 0.2) is 58.7 Å². The maximum atomic E-state index is 12.1. The van der Waals surface area contributed by atoms with Crippen LogP contribution in [0.4, 0.5) is 0 Å². The number of benzene rings is 1. The van der Waals surface area contributed by atoms with Gasteiger partial charge in [-0.15, -0.1) is 0 Å². The second-order valence-electron chi connectivity index (χ2n) is 5.78.